The van der Waals surface area contributed by atoms with Crippen molar-refractivity contribution in [2.75, 3.05) is 13.1 Å². The molecule has 0 bridgehead atoms. The van der Waals surface area contributed by atoms with Gasteiger partial charge >= 0.3 is 29.8 Å². The second kappa shape index (κ2) is 27.3. The highest BCUT2D eigenvalue weighted by molar-refractivity contribution is 6.00. The van der Waals surface area contributed by atoms with Crippen molar-refractivity contribution in [2.24, 2.45) is 11.5 Å². The predicted molar refractivity (Wildman–Crippen MR) is 226 cm³/mol. The molecule has 2 rings (SSSR count). The van der Waals surface area contributed by atoms with Crippen LogP contribution in [0.1, 0.15) is 70.3 Å². The third kappa shape index (κ3) is 19.0. The maximum absolute atomic E-state index is 13.5. The molecule has 1 heterocycles. The number of aliphatic hydroxyl groups is 1. The van der Waals surface area contributed by atoms with Crippen molar-refractivity contribution < 1.29 is 88.2 Å². The van der Waals surface area contributed by atoms with E-state index in [9.17, 15) is 88.2 Å². The third-order valence-corrected chi connectivity index (χ3v) is 10.1. The van der Waals surface area contributed by atoms with Gasteiger partial charge in [-0.05, 0) is 57.6 Å². The number of rotatable bonds is 29. The molecule has 1 saturated heterocycles. The molecule has 0 aliphatic carbocycles. The summed E-state index contributed by atoms with van der Waals surface area (Å²) in [7, 11) is 0. The van der Waals surface area contributed by atoms with Gasteiger partial charge in [0.05, 0.1) is 37.8 Å². The van der Waals surface area contributed by atoms with Gasteiger partial charge in [0.25, 0.3) is 0 Å². The molecule has 67 heavy (non-hydrogen) atoms. The van der Waals surface area contributed by atoms with Gasteiger partial charge < -0.3 is 78.9 Å². The number of hydrogen-bond donors (Lipinski definition) is 14. The number of amides is 7. The van der Waals surface area contributed by atoms with Crippen LogP contribution in [0.25, 0.3) is 0 Å². The van der Waals surface area contributed by atoms with Crippen LogP contribution >= 0.6 is 0 Å². The van der Waals surface area contributed by atoms with Crippen LogP contribution in [0.3, 0.4) is 0 Å². The van der Waals surface area contributed by atoms with E-state index in [1.54, 1.807) is 30.3 Å². The Labute approximate surface area is 381 Å². The van der Waals surface area contributed by atoms with Crippen molar-refractivity contribution in [3.8, 4) is 0 Å². The summed E-state index contributed by atoms with van der Waals surface area (Å²) in [6.07, 6.45) is -5.63. The number of aliphatic carboxylic acids is 5. The molecule has 1 aliphatic rings. The Hall–Kier alpha value is -7.26. The van der Waals surface area contributed by atoms with E-state index >= 15 is 0 Å². The van der Waals surface area contributed by atoms with Crippen LogP contribution in [-0.4, -0.2) is 174 Å². The standard InChI is InChI=1S/C40H57N9O18/c1-19(50)32(48-37(63)27-11-7-13-49(27)39(65)21(42)14-20-8-3-2-4-9-20)38(64)47-26(18-31(57)58)36(62)46-25(17-30(55)56)35(61)45-24(16-29(53)54)34(60)44-23(15-28(51)52)33(59)43-22(40(66)67)10-5-6-12-41/h2-4,8-9,19,21-27,32,50H,5-7,10-18,41-42H2,1H3,(H,43,59)(H,44,60)(H,45,61)(H,46,62)(H,47,64)(H,48,63)(H,51,52)(H,53,54)(H,55,56)(H,57,58)(H,66,67). The summed E-state index contributed by atoms with van der Waals surface area (Å²) >= 11 is 0. The average Bonchev–Trinajstić information content (AvgIpc) is 3.73. The highest BCUT2D eigenvalue weighted by Crippen LogP contribution is 2.20. The Morgan fingerprint density at radius 1 is 0.627 bits per heavy atom. The second-order valence-corrected chi connectivity index (χ2v) is 15.5. The van der Waals surface area contributed by atoms with Crippen LogP contribution in [-0.2, 0) is 64.0 Å². The van der Waals surface area contributed by atoms with Gasteiger partial charge in [-0.15, -0.1) is 0 Å². The predicted octanol–water partition coefficient (Wildman–Crippen LogP) is -5.05. The summed E-state index contributed by atoms with van der Waals surface area (Å²) in [4.78, 5) is 153. The number of carboxylic acids is 5. The Bertz CT molecular complexity index is 1990. The van der Waals surface area contributed by atoms with Gasteiger partial charge in [0, 0.05) is 6.54 Å². The molecule has 9 unspecified atom stereocenters. The number of nitrogens with one attached hydrogen (secondary N) is 6. The summed E-state index contributed by atoms with van der Waals surface area (Å²) in [5.41, 5.74) is 12.3. The Morgan fingerprint density at radius 3 is 1.43 bits per heavy atom. The number of carbonyl (C=O) groups is 12. The first-order valence-electron chi connectivity index (χ1n) is 20.9. The summed E-state index contributed by atoms with van der Waals surface area (Å²) < 4.78 is 0. The monoisotopic (exact) mass is 951 g/mol. The zero-order valence-electron chi connectivity index (χ0n) is 36.3. The van der Waals surface area contributed by atoms with Gasteiger partial charge in [0.2, 0.25) is 41.4 Å². The van der Waals surface area contributed by atoms with Crippen molar-refractivity contribution in [3.05, 3.63) is 35.9 Å². The number of nitrogens with two attached hydrogens (primary N) is 2. The summed E-state index contributed by atoms with van der Waals surface area (Å²) in [6.45, 7) is 1.39. The van der Waals surface area contributed by atoms with Gasteiger partial charge in [0.15, 0.2) is 0 Å². The summed E-state index contributed by atoms with van der Waals surface area (Å²) in [6, 6.07) is -5.54. The molecule has 7 amide bonds. The lowest BCUT2D eigenvalue weighted by Crippen LogP contribution is -2.62. The fourth-order valence-electron chi connectivity index (χ4n) is 6.76. The minimum absolute atomic E-state index is 0.131. The van der Waals surface area contributed by atoms with Gasteiger partial charge in [-0.25, -0.2) is 4.79 Å². The van der Waals surface area contributed by atoms with E-state index in [2.05, 4.69) is 10.6 Å². The molecular weight excluding hydrogens is 894 g/mol. The van der Waals surface area contributed by atoms with E-state index in [4.69, 9.17) is 11.5 Å². The molecule has 1 aromatic rings. The Kier molecular flexibility index (Phi) is 22.7. The van der Waals surface area contributed by atoms with Crippen LogP contribution in [0.4, 0.5) is 0 Å². The Morgan fingerprint density at radius 2 is 1.04 bits per heavy atom. The molecule has 0 saturated carbocycles. The minimum Gasteiger partial charge on any atom is -0.481 e. The van der Waals surface area contributed by atoms with E-state index in [-0.39, 0.29) is 38.8 Å². The SMILES string of the molecule is CC(O)C(NC(=O)C1CCCN1C(=O)C(N)Cc1ccccc1)C(=O)NC(CC(=O)O)C(=O)NC(CC(=O)O)C(=O)NC(CC(=O)O)C(=O)NC(CC(=O)O)C(=O)NC(CCCCN)C(=O)O. The van der Waals surface area contributed by atoms with Crippen molar-refractivity contribution in [1.29, 1.82) is 0 Å². The lowest BCUT2D eigenvalue weighted by atomic mass is 10.0. The van der Waals surface area contributed by atoms with Gasteiger partial charge in [-0.2, -0.15) is 0 Å². The van der Waals surface area contributed by atoms with E-state index < -0.39 is 151 Å². The summed E-state index contributed by atoms with van der Waals surface area (Å²) in [5, 5.41) is 70.0. The van der Waals surface area contributed by atoms with E-state index in [1.165, 1.54) is 4.90 Å². The van der Waals surface area contributed by atoms with Crippen LogP contribution in [0, 0.1) is 0 Å². The largest absolute Gasteiger partial charge is 0.481 e. The van der Waals surface area contributed by atoms with Gasteiger partial charge in [0.1, 0.15) is 42.3 Å². The molecule has 27 nitrogen and oxygen atoms in total. The number of carbonyl (C=O) groups excluding carboxylic acids is 7. The molecule has 0 aromatic heterocycles. The molecule has 1 fully saturated rings. The lowest BCUT2D eigenvalue weighted by molar-refractivity contribution is -0.145. The number of likely N-dealkylation sites (tertiary alicyclic amines) is 1. The molecule has 16 N–H and O–H groups in total. The van der Waals surface area contributed by atoms with E-state index in [0.29, 0.717) is 12.8 Å². The molecule has 27 heteroatoms. The number of aliphatic hydroxyl groups excluding tert-OH is 1. The quantitative estimate of drug-likeness (QED) is 0.0334. The van der Waals surface area contributed by atoms with Crippen molar-refractivity contribution in [2.45, 2.75) is 126 Å². The second-order valence-electron chi connectivity index (χ2n) is 15.5. The first-order chi connectivity index (χ1) is 31.4. The van der Waals surface area contributed by atoms with E-state index in [0.717, 1.165) is 12.5 Å². The molecule has 370 valence electrons. The molecule has 9 atom stereocenters. The number of carboxylic acid groups (broad SMARTS) is 5. The van der Waals surface area contributed by atoms with Crippen LogP contribution in [0.15, 0.2) is 30.3 Å². The first-order valence-corrected chi connectivity index (χ1v) is 20.9. The third-order valence-electron chi connectivity index (χ3n) is 10.1. The number of unbranched alkanes of at least 4 members (excludes halogenated alkanes) is 1. The maximum atomic E-state index is 13.5. The number of nitrogens with zero attached hydrogens (tertiary/aromatic N) is 1. The zero-order valence-corrected chi connectivity index (χ0v) is 36.3. The zero-order chi connectivity index (χ0) is 50.5. The minimum atomic E-state index is -2.25. The highest BCUT2D eigenvalue weighted by Gasteiger charge is 2.40. The van der Waals surface area contributed by atoms with Crippen LogP contribution in [0.5, 0.6) is 0 Å². The van der Waals surface area contributed by atoms with E-state index in [1.807, 2.05) is 21.3 Å². The Balaban J connectivity index is 2.28. The molecule has 1 aromatic carbocycles. The maximum Gasteiger partial charge on any atom is 0.326 e. The van der Waals surface area contributed by atoms with Crippen molar-refractivity contribution in [3.63, 3.8) is 0 Å². The highest BCUT2D eigenvalue weighted by atomic mass is 16.4. The fourth-order valence-corrected chi connectivity index (χ4v) is 6.76. The van der Waals surface area contributed by atoms with Gasteiger partial charge in [-0.1, -0.05) is 30.3 Å². The molecule has 0 spiro atoms. The normalized spacial score (nSPS) is 16.8. The smallest absolute Gasteiger partial charge is 0.326 e. The number of benzene rings is 1. The fraction of sp³-hybridized carbons (Fsp3) is 0.550. The molecule has 1 aliphatic heterocycles. The van der Waals surface area contributed by atoms with Crippen molar-refractivity contribution >= 4 is 71.2 Å². The molecular formula is C40H57N9O18. The van der Waals surface area contributed by atoms with Crippen molar-refractivity contribution in [1.82, 2.24) is 36.8 Å². The molecule has 0 radical (unpaired) electrons. The van der Waals surface area contributed by atoms with Gasteiger partial charge in [-0.3, -0.25) is 52.7 Å². The summed E-state index contributed by atoms with van der Waals surface area (Å²) in [5.74, 6) is -17.3. The van der Waals surface area contributed by atoms with Crippen LogP contribution in [0.2, 0.25) is 0 Å². The topological polar surface area (TPSA) is 454 Å². The average molecular weight is 952 g/mol. The van der Waals surface area contributed by atoms with Crippen LogP contribution < -0.4 is 43.4 Å². The first kappa shape index (κ1) is 55.9. The lowest BCUT2D eigenvalue weighted by Gasteiger charge is -2.30. The number of hydrogen-bond acceptors (Lipinski definition) is 15.